The van der Waals surface area contributed by atoms with Gasteiger partial charge in [0.25, 0.3) is 0 Å². The Bertz CT molecular complexity index is 284. The summed E-state index contributed by atoms with van der Waals surface area (Å²) in [6, 6.07) is 0. The van der Waals surface area contributed by atoms with E-state index in [1.807, 2.05) is 0 Å². The minimum atomic E-state index is -4.20. The number of hydrogen-bond donors (Lipinski definition) is 1. The molecule has 0 aromatic rings. The monoisotopic (exact) mass is 191 g/mol. The smallest absolute Gasteiger partial charge is 0.402 e. The standard InChI is InChI=1S/C9H12F3N/c1-5-6(2)8(13)4-3-7(5)9(10,11)12/h3-4,13H2,1-2H3. The maximum atomic E-state index is 12.4. The van der Waals surface area contributed by atoms with Crippen LogP contribution >= 0.6 is 0 Å². The molecule has 0 bridgehead atoms. The highest BCUT2D eigenvalue weighted by atomic mass is 19.4. The van der Waals surface area contributed by atoms with Crippen molar-refractivity contribution in [3.63, 3.8) is 0 Å². The van der Waals surface area contributed by atoms with Crippen LogP contribution in [0.15, 0.2) is 22.4 Å². The molecule has 0 amide bonds. The fourth-order valence-electron chi connectivity index (χ4n) is 1.46. The van der Waals surface area contributed by atoms with E-state index < -0.39 is 11.7 Å². The van der Waals surface area contributed by atoms with Crippen molar-refractivity contribution < 1.29 is 13.2 Å². The fraction of sp³-hybridized carbons (Fsp3) is 0.556. The number of rotatable bonds is 0. The van der Waals surface area contributed by atoms with Crippen LogP contribution in [0.1, 0.15) is 26.7 Å². The van der Waals surface area contributed by atoms with E-state index in [1.165, 1.54) is 6.92 Å². The Morgan fingerprint density at radius 3 is 2.08 bits per heavy atom. The predicted molar refractivity (Wildman–Crippen MR) is 44.9 cm³/mol. The summed E-state index contributed by atoms with van der Waals surface area (Å²) >= 11 is 0. The minimum Gasteiger partial charge on any atom is -0.402 e. The summed E-state index contributed by atoms with van der Waals surface area (Å²) in [5.41, 5.74) is 6.57. The lowest BCUT2D eigenvalue weighted by molar-refractivity contribution is -0.0949. The van der Waals surface area contributed by atoms with E-state index in [9.17, 15) is 13.2 Å². The molecular formula is C9H12F3N. The quantitative estimate of drug-likeness (QED) is 0.626. The highest BCUT2D eigenvalue weighted by Crippen LogP contribution is 2.37. The summed E-state index contributed by atoms with van der Waals surface area (Å²) < 4.78 is 37.1. The number of nitrogens with two attached hydrogens (primary N) is 1. The molecule has 13 heavy (non-hydrogen) atoms. The highest BCUT2D eigenvalue weighted by molar-refractivity contribution is 5.40. The molecule has 0 aromatic heterocycles. The molecule has 0 saturated heterocycles. The van der Waals surface area contributed by atoms with Gasteiger partial charge in [-0.1, -0.05) is 0 Å². The summed E-state index contributed by atoms with van der Waals surface area (Å²) in [5.74, 6) is 0. The van der Waals surface area contributed by atoms with Gasteiger partial charge in [0.1, 0.15) is 0 Å². The van der Waals surface area contributed by atoms with E-state index in [-0.39, 0.29) is 12.0 Å². The van der Waals surface area contributed by atoms with Crippen LogP contribution in [0.25, 0.3) is 0 Å². The zero-order valence-electron chi connectivity index (χ0n) is 7.63. The Morgan fingerprint density at radius 2 is 1.62 bits per heavy atom. The first-order chi connectivity index (χ1) is 5.84. The van der Waals surface area contributed by atoms with E-state index >= 15 is 0 Å². The first-order valence-corrected chi connectivity index (χ1v) is 4.06. The van der Waals surface area contributed by atoms with Crippen LogP contribution in [0.5, 0.6) is 0 Å². The van der Waals surface area contributed by atoms with Gasteiger partial charge in [0.2, 0.25) is 0 Å². The molecule has 0 aromatic carbocycles. The molecule has 1 rings (SSSR count). The van der Waals surface area contributed by atoms with Crippen molar-refractivity contribution >= 4 is 0 Å². The summed E-state index contributed by atoms with van der Waals surface area (Å²) in [4.78, 5) is 0. The van der Waals surface area contributed by atoms with E-state index in [4.69, 9.17) is 5.73 Å². The molecule has 1 nitrogen and oxygen atoms in total. The van der Waals surface area contributed by atoms with Crippen molar-refractivity contribution in [2.24, 2.45) is 5.73 Å². The Balaban J connectivity index is 3.13. The van der Waals surface area contributed by atoms with Crippen molar-refractivity contribution in [1.29, 1.82) is 0 Å². The molecule has 0 unspecified atom stereocenters. The average molecular weight is 191 g/mol. The van der Waals surface area contributed by atoms with Gasteiger partial charge in [0, 0.05) is 11.3 Å². The molecule has 0 heterocycles. The van der Waals surface area contributed by atoms with Crippen molar-refractivity contribution in [1.82, 2.24) is 0 Å². The van der Waals surface area contributed by atoms with E-state index in [0.29, 0.717) is 17.7 Å². The Morgan fingerprint density at radius 1 is 1.08 bits per heavy atom. The van der Waals surface area contributed by atoms with Crippen molar-refractivity contribution in [2.75, 3.05) is 0 Å². The third-order valence-electron chi connectivity index (χ3n) is 2.48. The largest absolute Gasteiger partial charge is 0.412 e. The van der Waals surface area contributed by atoms with Gasteiger partial charge in [0.05, 0.1) is 0 Å². The zero-order valence-corrected chi connectivity index (χ0v) is 7.63. The maximum absolute atomic E-state index is 12.4. The van der Waals surface area contributed by atoms with Crippen LogP contribution in [0.3, 0.4) is 0 Å². The normalized spacial score (nSPS) is 19.8. The fourth-order valence-corrected chi connectivity index (χ4v) is 1.46. The van der Waals surface area contributed by atoms with Crippen LogP contribution < -0.4 is 5.73 Å². The summed E-state index contributed by atoms with van der Waals surface area (Å²) in [7, 11) is 0. The van der Waals surface area contributed by atoms with Crippen molar-refractivity contribution in [2.45, 2.75) is 32.9 Å². The molecule has 0 aliphatic heterocycles. The number of halogens is 3. The first-order valence-electron chi connectivity index (χ1n) is 4.06. The van der Waals surface area contributed by atoms with E-state index in [2.05, 4.69) is 0 Å². The van der Waals surface area contributed by atoms with Crippen molar-refractivity contribution in [3.05, 3.63) is 22.4 Å². The van der Waals surface area contributed by atoms with Gasteiger partial charge in [-0.25, -0.2) is 0 Å². The van der Waals surface area contributed by atoms with Gasteiger partial charge < -0.3 is 5.73 Å². The molecule has 74 valence electrons. The van der Waals surface area contributed by atoms with Crippen LogP contribution in [0.2, 0.25) is 0 Å². The Hall–Kier alpha value is -0.930. The number of alkyl halides is 3. The number of allylic oxidation sites excluding steroid dienone is 4. The molecule has 2 N–H and O–H groups in total. The Labute approximate surface area is 75.1 Å². The van der Waals surface area contributed by atoms with Crippen molar-refractivity contribution in [3.8, 4) is 0 Å². The molecule has 0 fully saturated rings. The second-order valence-electron chi connectivity index (χ2n) is 3.25. The van der Waals surface area contributed by atoms with Gasteiger partial charge in [-0.05, 0) is 37.8 Å². The summed E-state index contributed by atoms with van der Waals surface area (Å²) in [6.45, 7) is 3.11. The molecule has 0 saturated carbocycles. The van der Waals surface area contributed by atoms with Crippen LogP contribution in [-0.2, 0) is 0 Å². The van der Waals surface area contributed by atoms with Crippen LogP contribution in [-0.4, -0.2) is 6.18 Å². The topological polar surface area (TPSA) is 26.0 Å². The highest BCUT2D eigenvalue weighted by Gasteiger charge is 2.36. The second kappa shape index (κ2) is 3.09. The third kappa shape index (κ3) is 1.87. The maximum Gasteiger partial charge on any atom is 0.412 e. The molecule has 1 aliphatic carbocycles. The lowest BCUT2D eigenvalue weighted by Crippen LogP contribution is -2.19. The average Bonchev–Trinajstić information content (AvgIpc) is 1.98. The lowest BCUT2D eigenvalue weighted by atomic mass is 9.90. The Kier molecular flexibility index (Phi) is 2.41. The summed E-state index contributed by atoms with van der Waals surface area (Å²) in [6.07, 6.45) is -3.87. The van der Waals surface area contributed by atoms with Gasteiger partial charge in [-0.2, -0.15) is 13.2 Å². The molecule has 1 aliphatic rings. The second-order valence-corrected chi connectivity index (χ2v) is 3.25. The van der Waals surface area contributed by atoms with E-state index in [0.717, 1.165) is 0 Å². The SMILES string of the molecule is CC1=C(N)CCC(C(F)(F)F)=C1C. The van der Waals surface area contributed by atoms with Crippen LogP contribution in [0.4, 0.5) is 13.2 Å². The van der Waals surface area contributed by atoms with Crippen LogP contribution in [0, 0.1) is 0 Å². The molecule has 4 heteroatoms. The van der Waals surface area contributed by atoms with Gasteiger partial charge in [-0.3, -0.25) is 0 Å². The first kappa shape index (κ1) is 10.2. The third-order valence-corrected chi connectivity index (χ3v) is 2.48. The minimum absolute atomic E-state index is 0.0124. The predicted octanol–water partition coefficient (Wildman–Crippen LogP) is 2.89. The van der Waals surface area contributed by atoms with E-state index in [1.54, 1.807) is 6.92 Å². The van der Waals surface area contributed by atoms with Gasteiger partial charge >= 0.3 is 6.18 Å². The zero-order chi connectivity index (χ0) is 10.2. The van der Waals surface area contributed by atoms with Gasteiger partial charge in [-0.15, -0.1) is 0 Å². The molecule has 0 spiro atoms. The lowest BCUT2D eigenvalue weighted by Gasteiger charge is -2.22. The number of hydrogen-bond acceptors (Lipinski definition) is 1. The summed E-state index contributed by atoms with van der Waals surface area (Å²) in [5, 5.41) is 0. The molecular weight excluding hydrogens is 179 g/mol. The molecule has 0 radical (unpaired) electrons. The van der Waals surface area contributed by atoms with Gasteiger partial charge in [0.15, 0.2) is 0 Å². The molecule has 0 atom stereocenters.